The van der Waals surface area contributed by atoms with Crippen molar-refractivity contribution in [3.05, 3.63) is 83.4 Å². The summed E-state index contributed by atoms with van der Waals surface area (Å²) < 4.78 is 0. The van der Waals surface area contributed by atoms with Gasteiger partial charge in [-0.3, -0.25) is 24.1 Å². The Balaban J connectivity index is 1.38. The zero-order valence-electron chi connectivity index (χ0n) is 24.0. The van der Waals surface area contributed by atoms with Crippen molar-refractivity contribution in [3.8, 4) is 0 Å². The number of nitrogens with one attached hydrogen (secondary N) is 1. The van der Waals surface area contributed by atoms with Gasteiger partial charge in [-0.2, -0.15) is 0 Å². The molecule has 7 heteroatoms. The van der Waals surface area contributed by atoms with E-state index < -0.39 is 6.04 Å². The van der Waals surface area contributed by atoms with Gasteiger partial charge in [-0.1, -0.05) is 91.6 Å². The van der Waals surface area contributed by atoms with Crippen molar-refractivity contribution in [2.45, 2.75) is 83.3 Å². The molecule has 1 saturated carbocycles. The molecule has 4 amide bonds. The summed E-state index contributed by atoms with van der Waals surface area (Å²) in [6.45, 7) is 2.32. The Morgan fingerprint density at radius 2 is 1.51 bits per heavy atom. The Hall–Kier alpha value is -3.74. The maximum absolute atomic E-state index is 14.0. The van der Waals surface area contributed by atoms with Crippen LogP contribution in [0.5, 0.6) is 0 Å². The van der Waals surface area contributed by atoms with Gasteiger partial charge in [0.1, 0.15) is 6.04 Å². The Morgan fingerprint density at radius 3 is 2.15 bits per heavy atom. The molecule has 1 N–H and O–H groups in total. The number of fused-ring (bicyclic) bond motifs is 1. The van der Waals surface area contributed by atoms with Gasteiger partial charge in [0, 0.05) is 32.0 Å². The van der Waals surface area contributed by atoms with E-state index in [0.717, 1.165) is 42.4 Å². The number of rotatable bonds is 10. The van der Waals surface area contributed by atoms with Gasteiger partial charge in [-0.15, -0.1) is 0 Å². The number of carbonyl (C=O) groups excluding carboxylic acids is 4. The fourth-order valence-electron chi connectivity index (χ4n) is 6.43. The average Bonchev–Trinajstić information content (AvgIpc) is 3.24. The molecule has 0 radical (unpaired) electrons. The second-order valence-corrected chi connectivity index (χ2v) is 11.8. The minimum absolute atomic E-state index is 0.0157. The Bertz CT molecular complexity index is 1240. The first kappa shape index (κ1) is 28.8. The van der Waals surface area contributed by atoms with Crippen LogP contribution in [0.25, 0.3) is 0 Å². The van der Waals surface area contributed by atoms with E-state index in [1.165, 1.54) is 11.3 Å². The van der Waals surface area contributed by atoms with Gasteiger partial charge in [0.2, 0.25) is 23.6 Å². The number of aryl methyl sites for hydroxylation is 1. The molecule has 0 spiro atoms. The van der Waals surface area contributed by atoms with Crippen molar-refractivity contribution in [2.75, 3.05) is 6.54 Å². The highest BCUT2D eigenvalue weighted by molar-refractivity contribution is 6.05. The van der Waals surface area contributed by atoms with E-state index in [-0.39, 0.29) is 61.0 Å². The summed E-state index contributed by atoms with van der Waals surface area (Å²) in [5.74, 6) is -1.39. The average molecular weight is 556 g/mol. The van der Waals surface area contributed by atoms with Gasteiger partial charge in [0.15, 0.2) is 0 Å². The predicted molar refractivity (Wildman–Crippen MR) is 157 cm³/mol. The van der Waals surface area contributed by atoms with Gasteiger partial charge in [-0.25, -0.2) is 0 Å². The molecule has 2 aromatic rings. The number of likely N-dealkylation sites (tertiary alicyclic amines) is 1. The quantitative estimate of drug-likeness (QED) is 0.339. The largest absolute Gasteiger partial charge is 0.352 e. The number of imide groups is 1. The van der Waals surface area contributed by atoms with Gasteiger partial charge in [-0.05, 0) is 43.7 Å². The maximum atomic E-state index is 14.0. The van der Waals surface area contributed by atoms with Crippen molar-refractivity contribution >= 4 is 23.6 Å². The van der Waals surface area contributed by atoms with Crippen LogP contribution >= 0.6 is 0 Å². The first-order valence-electron chi connectivity index (χ1n) is 15.1. The fourth-order valence-corrected chi connectivity index (χ4v) is 6.43. The van der Waals surface area contributed by atoms with Crippen LogP contribution in [0.3, 0.4) is 0 Å². The van der Waals surface area contributed by atoms with E-state index in [1.54, 1.807) is 4.90 Å². The third-order valence-corrected chi connectivity index (χ3v) is 8.84. The Labute approximate surface area is 243 Å². The van der Waals surface area contributed by atoms with Gasteiger partial charge < -0.3 is 10.2 Å². The minimum Gasteiger partial charge on any atom is -0.352 e. The molecule has 3 aliphatic rings. The molecule has 2 aromatic carbocycles. The third-order valence-electron chi connectivity index (χ3n) is 8.84. The van der Waals surface area contributed by atoms with Crippen LogP contribution in [0, 0.1) is 18.8 Å². The summed E-state index contributed by atoms with van der Waals surface area (Å²) in [7, 11) is 0. The molecular formula is C34H41N3O4. The summed E-state index contributed by atoms with van der Waals surface area (Å²) in [4.78, 5) is 56.9. The zero-order chi connectivity index (χ0) is 28.8. The predicted octanol–water partition coefficient (Wildman–Crippen LogP) is 4.73. The van der Waals surface area contributed by atoms with E-state index in [0.29, 0.717) is 19.3 Å². The van der Waals surface area contributed by atoms with Crippen molar-refractivity contribution in [1.82, 2.24) is 15.1 Å². The molecule has 7 nitrogen and oxygen atoms in total. The molecule has 2 fully saturated rings. The molecule has 41 heavy (non-hydrogen) atoms. The maximum Gasteiger partial charge on any atom is 0.243 e. The summed E-state index contributed by atoms with van der Waals surface area (Å²) in [5, 5.41) is 3.26. The highest BCUT2D eigenvalue weighted by Crippen LogP contribution is 2.35. The van der Waals surface area contributed by atoms with E-state index >= 15 is 0 Å². The fraction of sp³-hybridized carbons (Fsp3) is 0.471. The Kier molecular flexibility index (Phi) is 9.32. The minimum atomic E-state index is -0.718. The van der Waals surface area contributed by atoms with Crippen LogP contribution in [0.15, 0.2) is 66.7 Å². The lowest BCUT2D eigenvalue weighted by molar-refractivity contribution is -0.144. The molecule has 1 saturated heterocycles. The standard InChI is InChI=1S/C34H41N3O4/c1-24-16-18-26(19-17-24)23-37(31(38)20-21-36-33(40)28-14-8-9-15-29(28)34(36)41)30(22-25-10-4-2-5-11-25)32(39)35-27-12-6-3-7-13-27/h2,4-5,8-11,16-19,27-30H,3,6-7,12-15,20-23H2,1H3,(H,35,39)/t28-,29+,30?. The molecule has 3 atom stereocenters. The van der Waals surface area contributed by atoms with Crippen LogP contribution in [0.4, 0.5) is 0 Å². The van der Waals surface area contributed by atoms with Crippen LogP contribution in [0.1, 0.15) is 68.1 Å². The number of allylic oxidation sites excluding steroid dienone is 2. The number of nitrogens with zero attached hydrogens (tertiary/aromatic N) is 2. The zero-order valence-corrected chi connectivity index (χ0v) is 24.0. The normalized spacial score (nSPS) is 21.4. The number of amides is 4. The molecule has 216 valence electrons. The Morgan fingerprint density at radius 1 is 0.878 bits per heavy atom. The molecule has 2 aliphatic carbocycles. The van der Waals surface area contributed by atoms with Crippen molar-refractivity contribution < 1.29 is 19.2 Å². The van der Waals surface area contributed by atoms with Crippen molar-refractivity contribution in [3.63, 3.8) is 0 Å². The van der Waals surface area contributed by atoms with E-state index in [2.05, 4.69) is 5.32 Å². The molecule has 0 aromatic heterocycles. The van der Waals surface area contributed by atoms with Crippen LogP contribution in [0.2, 0.25) is 0 Å². The van der Waals surface area contributed by atoms with E-state index in [1.807, 2.05) is 73.7 Å². The molecule has 1 heterocycles. The smallest absolute Gasteiger partial charge is 0.243 e. The topological polar surface area (TPSA) is 86.8 Å². The molecular weight excluding hydrogens is 514 g/mol. The summed E-state index contributed by atoms with van der Waals surface area (Å²) in [6, 6.07) is 17.2. The molecule has 1 unspecified atom stereocenters. The highest BCUT2D eigenvalue weighted by atomic mass is 16.2. The van der Waals surface area contributed by atoms with E-state index in [9.17, 15) is 19.2 Å². The van der Waals surface area contributed by atoms with Crippen LogP contribution in [-0.2, 0) is 32.1 Å². The second-order valence-electron chi connectivity index (χ2n) is 11.8. The summed E-state index contributed by atoms with van der Waals surface area (Å²) >= 11 is 0. The van der Waals surface area contributed by atoms with E-state index in [4.69, 9.17) is 0 Å². The lowest BCUT2D eigenvalue weighted by Gasteiger charge is -2.34. The van der Waals surface area contributed by atoms with Crippen molar-refractivity contribution in [1.29, 1.82) is 0 Å². The molecule has 5 rings (SSSR count). The number of carbonyl (C=O) groups is 4. The molecule has 0 bridgehead atoms. The number of benzene rings is 2. The van der Waals surface area contributed by atoms with Gasteiger partial charge in [0.05, 0.1) is 11.8 Å². The highest BCUT2D eigenvalue weighted by Gasteiger charge is 2.47. The lowest BCUT2D eigenvalue weighted by Crippen LogP contribution is -2.53. The SMILES string of the molecule is Cc1ccc(CN(C(=O)CCN2C(=O)[C@H]3CC=CC[C@H]3C2=O)C(Cc2ccccc2)C(=O)NC2CCCCC2)cc1. The van der Waals surface area contributed by atoms with Gasteiger partial charge >= 0.3 is 0 Å². The second kappa shape index (κ2) is 13.3. The first-order chi connectivity index (χ1) is 19.9. The lowest BCUT2D eigenvalue weighted by atomic mass is 9.85. The monoisotopic (exact) mass is 555 g/mol. The third kappa shape index (κ3) is 6.95. The summed E-state index contributed by atoms with van der Waals surface area (Å²) in [6.07, 6.45) is 10.7. The molecule has 1 aliphatic heterocycles. The first-order valence-corrected chi connectivity index (χ1v) is 15.1. The van der Waals surface area contributed by atoms with Crippen molar-refractivity contribution in [2.24, 2.45) is 11.8 Å². The van der Waals surface area contributed by atoms with Gasteiger partial charge in [0.25, 0.3) is 0 Å². The number of hydrogen-bond donors (Lipinski definition) is 1. The van der Waals surface area contributed by atoms with Crippen LogP contribution in [-0.4, -0.2) is 52.1 Å². The number of hydrogen-bond acceptors (Lipinski definition) is 4. The summed E-state index contributed by atoms with van der Waals surface area (Å²) in [5.41, 5.74) is 3.02. The van der Waals surface area contributed by atoms with Crippen LogP contribution < -0.4 is 5.32 Å².